The van der Waals surface area contributed by atoms with Crippen molar-refractivity contribution in [2.45, 2.75) is 90.9 Å². The number of rotatable bonds is 17. The van der Waals surface area contributed by atoms with E-state index in [-0.39, 0.29) is 38.9 Å². The average Bonchev–Trinajstić information content (AvgIpc) is 3.29. The van der Waals surface area contributed by atoms with Gasteiger partial charge in [0.15, 0.2) is 34.3 Å². The van der Waals surface area contributed by atoms with Gasteiger partial charge >= 0.3 is 30.1 Å². The summed E-state index contributed by atoms with van der Waals surface area (Å²) in [5, 5.41) is 27.3. The number of aryl methyl sites for hydroxylation is 1. The Morgan fingerprint density at radius 1 is 0.770 bits per heavy atom. The maximum atomic E-state index is 14.1. The topological polar surface area (TPSA) is 219 Å². The van der Waals surface area contributed by atoms with Crippen molar-refractivity contribution in [2.24, 2.45) is 5.92 Å². The molecule has 0 saturated heterocycles. The van der Waals surface area contributed by atoms with E-state index in [4.69, 9.17) is 12.2 Å². The molecule has 27 heteroatoms. The molecule has 1 saturated carbocycles. The smallest absolute Gasteiger partial charge is 0.416 e. The molecule has 1 fully saturated rings. The first-order valence-corrected chi connectivity index (χ1v) is 22.8. The number of hydrogen-bond donors (Lipinski definition) is 2. The lowest BCUT2D eigenvalue weighted by Gasteiger charge is -2.37. The van der Waals surface area contributed by atoms with Gasteiger partial charge in [-0.1, -0.05) is 12.8 Å². The van der Waals surface area contributed by atoms with Gasteiger partial charge in [0.1, 0.15) is 18.1 Å². The first kappa shape index (κ1) is 65.1. The van der Waals surface area contributed by atoms with Crippen LogP contribution in [0.5, 0.6) is 0 Å². The molecule has 0 aliphatic heterocycles. The lowest BCUT2D eigenvalue weighted by molar-refractivity contribution is -0.484. The molecule has 0 aromatic heterocycles. The third kappa shape index (κ3) is 22.5. The van der Waals surface area contributed by atoms with Crippen molar-refractivity contribution < 1.29 is 87.5 Å². The number of halogens is 9. The Morgan fingerprint density at radius 3 is 1.76 bits per heavy atom. The highest BCUT2D eigenvalue weighted by molar-refractivity contribution is 7.80. The van der Waals surface area contributed by atoms with Crippen molar-refractivity contribution in [1.29, 1.82) is 0 Å². The first-order valence-electron chi connectivity index (χ1n) is 22.4. The molecule has 0 amide bonds. The molecule has 0 spiro atoms. The van der Waals surface area contributed by atoms with Gasteiger partial charge in [-0.15, -0.1) is 0 Å². The fourth-order valence-electron chi connectivity index (χ4n) is 6.92. The van der Waals surface area contributed by atoms with E-state index >= 15 is 0 Å². The Labute approximate surface area is 425 Å². The Hall–Kier alpha value is -6.90. The highest BCUT2D eigenvalue weighted by atomic mass is 32.1. The van der Waals surface area contributed by atoms with Crippen molar-refractivity contribution in [3.05, 3.63) is 126 Å². The molecule has 0 radical (unpaired) electrons. The normalized spacial score (nSPS) is 14.4. The molecular formula is C47H56F9N5O12S. The molecule has 4 rings (SSSR count). The van der Waals surface area contributed by atoms with E-state index < -0.39 is 110 Å². The number of thiocarbonyl (C=S) groups is 1. The van der Waals surface area contributed by atoms with Crippen LogP contribution in [0, 0.1) is 68.0 Å². The molecule has 1 aliphatic rings. The highest BCUT2D eigenvalue weighted by Gasteiger charge is 2.44. The Kier molecular flexibility index (Phi) is 28.4. The van der Waals surface area contributed by atoms with Crippen LogP contribution in [-0.2, 0) is 44.3 Å². The number of likely N-dealkylation sites (N-methyl/N-ethyl adjacent to an activating group) is 1. The summed E-state index contributed by atoms with van der Waals surface area (Å²) < 4.78 is 137. The summed E-state index contributed by atoms with van der Waals surface area (Å²) in [6.07, 6.45) is 0.663. The SMILES string of the molecule is CCOC(=O)C(C(=O)OCC)[C@@H](C[N+](=O)[O-])c1c(F)ccc(F)c1F.CCOC(=O)CC(=O)OCC.Cc1cc(NC(=S)N[C@@H]2CCCC[C@H]2N(C)C)cc(C(F)(F)F)c1.O=[N+]([O-])/C=C/c1c(F)ccc(F)c1F. The number of alkyl halides is 3. The molecular weight excluding hydrogens is 1030 g/mol. The standard InChI is InChI=1S/C17H24F3N3S.C15H16F3NO6.C8H4F3NO2.C7H12O4/c1-11-8-12(17(18,19)20)10-13(9-11)21-16(24)22-14-6-4-5-7-15(14)23(2)3;1-3-24-14(20)12(15(21)25-4-2)8(7-19(22)23)11-9(16)5-6-10(17)13(11)18;9-6-1-2-7(10)8(11)5(6)3-4-12(13)14;1-3-10-6(8)5-7(9)11-4-2/h8-10,14-15H,4-7H2,1-3H3,(H2,21,22,24);5-6,8,12H,3-4,7H2,1-2H3;1-4H;3-5H2,1-2H3/b;;4-3+;/t14-,15-;8-;;/m10../s1. The van der Waals surface area contributed by atoms with Crippen molar-refractivity contribution >= 4 is 53.0 Å². The fraction of sp³-hybridized carbons (Fsp3) is 0.468. The zero-order valence-corrected chi connectivity index (χ0v) is 41.9. The maximum Gasteiger partial charge on any atom is 0.416 e. The second-order valence-electron chi connectivity index (χ2n) is 15.6. The van der Waals surface area contributed by atoms with Gasteiger partial charge in [-0.3, -0.25) is 39.4 Å². The van der Waals surface area contributed by atoms with Crippen molar-refractivity contribution in [1.82, 2.24) is 10.2 Å². The lowest BCUT2D eigenvalue weighted by Crippen LogP contribution is -2.52. The molecule has 0 unspecified atom stereocenters. The molecule has 74 heavy (non-hydrogen) atoms. The van der Waals surface area contributed by atoms with Gasteiger partial charge in [-0.05, 0) is 122 Å². The van der Waals surface area contributed by atoms with Crippen LogP contribution in [0.4, 0.5) is 45.2 Å². The van der Waals surface area contributed by atoms with Crippen LogP contribution in [0.15, 0.2) is 48.7 Å². The van der Waals surface area contributed by atoms with Crippen LogP contribution < -0.4 is 10.6 Å². The molecule has 3 aromatic carbocycles. The second-order valence-corrected chi connectivity index (χ2v) is 16.0. The van der Waals surface area contributed by atoms with Crippen LogP contribution >= 0.6 is 12.2 Å². The number of anilines is 1. The van der Waals surface area contributed by atoms with Crippen LogP contribution in [0.25, 0.3) is 6.08 Å². The Balaban J connectivity index is 0.000000519. The quantitative estimate of drug-likeness (QED) is 0.0188. The summed E-state index contributed by atoms with van der Waals surface area (Å²) in [4.78, 5) is 66.5. The van der Waals surface area contributed by atoms with E-state index in [9.17, 15) is 78.9 Å². The van der Waals surface area contributed by atoms with Gasteiger partial charge in [0.05, 0.1) is 48.4 Å². The molecule has 0 bridgehead atoms. The summed E-state index contributed by atoms with van der Waals surface area (Å²) >= 11 is 5.31. The van der Waals surface area contributed by atoms with Gasteiger partial charge in [-0.25, -0.2) is 26.3 Å². The van der Waals surface area contributed by atoms with Crippen molar-refractivity contribution in [3.8, 4) is 0 Å². The second kappa shape index (κ2) is 32.3. The van der Waals surface area contributed by atoms with Crippen LogP contribution in [0.3, 0.4) is 0 Å². The lowest BCUT2D eigenvalue weighted by atomic mass is 9.85. The van der Waals surface area contributed by atoms with Gasteiger partial charge in [0, 0.05) is 34.3 Å². The minimum Gasteiger partial charge on any atom is -0.466 e. The van der Waals surface area contributed by atoms with E-state index in [1.807, 2.05) is 14.1 Å². The summed E-state index contributed by atoms with van der Waals surface area (Å²) in [5.74, 6) is -15.8. The third-order valence-electron chi connectivity index (χ3n) is 9.99. The molecule has 17 nitrogen and oxygen atoms in total. The van der Waals surface area contributed by atoms with E-state index in [0.29, 0.717) is 58.9 Å². The number of hydrogen-bond acceptors (Lipinski definition) is 14. The Bertz CT molecular complexity index is 2400. The average molecular weight is 1090 g/mol. The molecule has 1 aliphatic carbocycles. The van der Waals surface area contributed by atoms with E-state index in [1.165, 1.54) is 20.3 Å². The summed E-state index contributed by atoms with van der Waals surface area (Å²) in [5.41, 5.74) is -1.61. The van der Waals surface area contributed by atoms with Crippen LogP contribution in [0.2, 0.25) is 0 Å². The van der Waals surface area contributed by atoms with Gasteiger partial charge < -0.3 is 34.5 Å². The summed E-state index contributed by atoms with van der Waals surface area (Å²) in [7, 11) is 4.08. The van der Waals surface area contributed by atoms with Crippen molar-refractivity contribution in [3.63, 3.8) is 0 Å². The largest absolute Gasteiger partial charge is 0.466 e. The van der Waals surface area contributed by atoms with Crippen molar-refractivity contribution in [2.75, 3.05) is 52.4 Å². The number of ether oxygens (including phenoxy) is 4. The number of nitrogens with zero attached hydrogens (tertiary/aromatic N) is 3. The van der Waals surface area contributed by atoms with E-state index in [2.05, 4.69) is 34.5 Å². The van der Waals surface area contributed by atoms with E-state index in [1.54, 1.807) is 26.8 Å². The van der Waals surface area contributed by atoms with Gasteiger partial charge in [0.2, 0.25) is 12.7 Å². The zero-order chi connectivity index (χ0) is 56.5. The van der Waals surface area contributed by atoms with Crippen LogP contribution in [-0.4, -0.2) is 103 Å². The predicted octanol–water partition coefficient (Wildman–Crippen LogP) is 9.23. The fourth-order valence-corrected chi connectivity index (χ4v) is 7.19. The molecule has 2 N–H and O–H groups in total. The van der Waals surface area contributed by atoms with E-state index in [0.717, 1.165) is 31.4 Å². The third-order valence-corrected chi connectivity index (χ3v) is 10.2. The Morgan fingerprint density at radius 2 is 1.27 bits per heavy atom. The van der Waals surface area contributed by atoms with Gasteiger partial charge in [-0.2, -0.15) is 13.2 Å². The molecule has 0 heterocycles. The number of carbonyl (C=O) groups is 4. The number of benzene rings is 3. The summed E-state index contributed by atoms with van der Waals surface area (Å²) in [6.45, 7) is 6.82. The number of nitrogens with one attached hydrogen (secondary N) is 2. The monoisotopic (exact) mass is 1090 g/mol. The van der Waals surface area contributed by atoms with Crippen LogP contribution in [0.1, 0.15) is 88.0 Å². The number of carbonyl (C=O) groups excluding carboxylic acids is 4. The minimum absolute atomic E-state index is 0.186. The first-order chi connectivity index (χ1) is 34.6. The zero-order valence-electron chi connectivity index (χ0n) is 41.1. The number of nitro groups is 2. The van der Waals surface area contributed by atoms with Gasteiger partial charge in [0.25, 0.3) is 0 Å². The summed E-state index contributed by atoms with van der Waals surface area (Å²) in [6, 6.07) is 6.80. The molecule has 3 atom stereocenters. The molecule has 3 aromatic rings. The highest BCUT2D eigenvalue weighted by Crippen LogP contribution is 2.34. The maximum absolute atomic E-state index is 14.1. The predicted molar refractivity (Wildman–Crippen MR) is 253 cm³/mol. The molecule has 410 valence electrons. The minimum atomic E-state index is -4.36. The number of esters is 4.